The second-order valence-corrected chi connectivity index (χ2v) is 4.63. The number of benzene rings is 2. The van der Waals surface area contributed by atoms with E-state index in [1.165, 1.54) is 18.2 Å². The SMILES string of the molecule is Cc1cccc(C(=O)Nc2c(O)cccc2[N+](=O)[O-])c1C. The number of rotatable bonds is 3. The highest BCUT2D eigenvalue weighted by Gasteiger charge is 2.21. The molecule has 2 N–H and O–H groups in total. The van der Waals surface area contributed by atoms with Gasteiger partial charge in [-0.15, -0.1) is 0 Å². The molecule has 21 heavy (non-hydrogen) atoms. The fourth-order valence-corrected chi connectivity index (χ4v) is 1.99. The molecular formula is C15H14N2O4. The molecule has 0 aliphatic carbocycles. The third-order valence-corrected chi connectivity index (χ3v) is 3.30. The van der Waals surface area contributed by atoms with E-state index in [1.54, 1.807) is 19.1 Å². The van der Waals surface area contributed by atoms with Gasteiger partial charge in [0.1, 0.15) is 5.75 Å². The summed E-state index contributed by atoms with van der Waals surface area (Å²) in [6, 6.07) is 9.08. The number of nitro groups is 1. The number of phenolic OH excluding ortho intramolecular Hbond substituents is 1. The highest BCUT2D eigenvalue weighted by molar-refractivity contribution is 6.07. The summed E-state index contributed by atoms with van der Waals surface area (Å²) in [5.74, 6) is -0.844. The van der Waals surface area contributed by atoms with Crippen LogP contribution >= 0.6 is 0 Å². The van der Waals surface area contributed by atoms with Crippen molar-refractivity contribution >= 4 is 17.3 Å². The van der Waals surface area contributed by atoms with Gasteiger partial charge in [0.2, 0.25) is 0 Å². The van der Waals surface area contributed by atoms with Crippen LogP contribution in [0, 0.1) is 24.0 Å². The van der Waals surface area contributed by atoms with E-state index in [4.69, 9.17) is 0 Å². The zero-order valence-electron chi connectivity index (χ0n) is 11.6. The minimum atomic E-state index is -0.654. The second kappa shape index (κ2) is 5.62. The molecule has 2 rings (SSSR count). The van der Waals surface area contributed by atoms with Crippen LogP contribution in [-0.4, -0.2) is 15.9 Å². The second-order valence-electron chi connectivity index (χ2n) is 4.63. The van der Waals surface area contributed by atoms with Gasteiger partial charge in [-0.3, -0.25) is 14.9 Å². The first-order valence-electron chi connectivity index (χ1n) is 6.25. The summed E-state index contributed by atoms with van der Waals surface area (Å²) in [6.45, 7) is 3.66. The van der Waals surface area contributed by atoms with Crippen LogP contribution in [0.4, 0.5) is 11.4 Å². The number of hydrogen-bond acceptors (Lipinski definition) is 4. The molecule has 0 fully saturated rings. The molecule has 0 aromatic heterocycles. The molecule has 108 valence electrons. The molecular weight excluding hydrogens is 272 g/mol. The maximum Gasteiger partial charge on any atom is 0.296 e. The Morgan fingerprint density at radius 2 is 1.86 bits per heavy atom. The van der Waals surface area contributed by atoms with Gasteiger partial charge in [-0.2, -0.15) is 0 Å². The Balaban J connectivity index is 2.41. The highest BCUT2D eigenvalue weighted by Crippen LogP contribution is 2.33. The van der Waals surface area contributed by atoms with E-state index in [0.717, 1.165) is 11.1 Å². The first-order chi connectivity index (χ1) is 9.91. The molecule has 0 unspecified atom stereocenters. The van der Waals surface area contributed by atoms with Crippen molar-refractivity contribution in [1.82, 2.24) is 0 Å². The van der Waals surface area contributed by atoms with Crippen molar-refractivity contribution in [2.24, 2.45) is 0 Å². The number of aryl methyl sites for hydroxylation is 1. The minimum Gasteiger partial charge on any atom is -0.505 e. The average molecular weight is 286 g/mol. The van der Waals surface area contributed by atoms with Crippen LogP contribution in [0.15, 0.2) is 36.4 Å². The Morgan fingerprint density at radius 3 is 2.52 bits per heavy atom. The van der Waals surface area contributed by atoms with E-state index >= 15 is 0 Å². The van der Waals surface area contributed by atoms with Crippen molar-refractivity contribution in [3.05, 3.63) is 63.2 Å². The van der Waals surface area contributed by atoms with E-state index in [1.807, 2.05) is 13.0 Å². The van der Waals surface area contributed by atoms with E-state index < -0.39 is 10.8 Å². The number of carbonyl (C=O) groups excluding carboxylic acids is 1. The molecule has 0 saturated carbocycles. The first-order valence-corrected chi connectivity index (χ1v) is 6.25. The Kier molecular flexibility index (Phi) is 3.89. The standard InChI is InChI=1S/C15H14N2O4/c1-9-5-3-6-11(10(9)2)15(19)16-14-12(17(20)21)7-4-8-13(14)18/h3-8,18H,1-2H3,(H,16,19). The van der Waals surface area contributed by atoms with Gasteiger partial charge < -0.3 is 10.4 Å². The van der Waals surface area contributed by atoms with Gasteiger partial charge in [0.05, 0.1) is 4.92 Å². The monoisotopic (exact) mass is 286 g/mol. The largest absolute Gasteiger partial charge is 0.505 e. The quantitative estimate of drug-likeness (QED) is 0.515. The van der Waals surface area contributed by atoms with Gasteiger partial charge in [-0.1, -0.05) is 18.2 Å². The Labute approximate surface area is 121 Å². The van der Waals surface area contributed by atoms with E-state index in [-0.39, 0.29) is 17.1 Å². The maximum absolute atomic E-state index is 12.3. The van der Waals surface area contributed by atoms with Crippen molar-refractivity contribution in [3.8, 4) is 5.75 Å². The average Bonchev–Trinajstić information content (AvgIpc) is 2.43. The normalized spacial score (nSPS) is 10.2. The van der Waals surface area contributed by atoms with Crippen molar-refractivity contribution in [2.75, 3.05) is 5.32 Å². The number of carbonyl (C=O) groups is 1. The number of para-hydroxylation sites is 1. The van der Waals surface area contributed by atoms with Crippen LogP contribution < -0.4 is 5.32 Å². The smallest absolute Gasteiger partial charge is 0.296 e. The summed E-state index contributed by atoms with van der Waals surface area (Å²) in [7, 11) is 0. The Morgan fingerprint density at radius 1 is 1.19 bits per heavy atom. The van der Waals surface area contributed by atoms with Crippen molar-refractivity contribution in [2.45, 2.75) is 13.8 Å². The summed E-state index contributed by atoms with van der Waals surface area (Å²) >= 11 is 0. The number of hydrogen-bond donors (Lipinski definition) is 2. The lowest BCUT2D eigenvalue weighted by atomic mass is 10.0. The minimum absolute atomic E-state index is 0.201. The van der Waals surface area contributed by atoms with Crippen LogP contribution in [0.5, 0.6) is 5.75 Å². The lowest BCUT2D eigenvalue weighted by Gasteiger charge is -2.10. The van der Waals surface area contributed by atoms with Crippen molar-refractivity contribution < 1.29 is 14.8 Å². The van der Waals surface area contributed by atoms with Gasteiger partial charge in [-0.05, 0) is 37.1 Å². The molecule has 0 spiro atoms. The number of nitro benzene ring substituents is 1. The van der Waals surface area contributed by atoms with Crippen LogP contribution in [0.2, 0.25) is 0 Å². The maximum atomic E-state index is 12.3. The number of aromatic hydroxyl groups is 1. The van der Waals surface area contributed by atoms with Crippen molar-refractivity contribution in [1.29, 1.82) is 0 Å². The Bertz CT molecular complexity index is 726. The Hall–Kier alpha value is -2.89. The molecule has 0 aliphatic rings. The molecule has 0 radical (unpaired) electrons. The van der Waals surface area contributed by atoms with Crippen LogP contribution in [-0.2, 0) is 0 Å². The van der Waals surface area contributed by atoms with Gasteiger partial charge in [0.15, 0.2) is 5.69 Å². The van der Waals surface area contributed by atoms with Crippen LogP contribution in [0.3, 0.4) is 0 Å². The van der Waals surface area contributed by atoms with Crippen molar-refractivity contribution in [3.63, 3.8) is 0 Å². The number of nitrogens with one attached hydrogen (secondary N) is 1. The molecule has 2 aromatic rings. The molecule has 0 aliphatic heterocycles. The van der Waals surface area contributed by atoms with Crippen LogP contribution in [0.1, 0.15) is 21.5 Å². The van der Waals surface area contributed by atoms with E-state index in [2.05, 4.69) is 5.32 Å². The van der Waals surface area contributed by atoms with E-state index in [9.17, 15) is 20.0 Å². The number of phenols is 1. The predicted molar refractivity (Wildman–Crippen MR) is 78.6 cm³/mol. The highest BCUT2D eigenvalue weighted by atomic mass is 16.6. The summed E-state index contributed by atoms with van der Waals surface area (Å²) < 4.78 is 0. The summed E-state index contributed by atoms with van der Waals surface area (Å²) in [4.78, 5) is 22.6. The molecule has 1 amide bonds. The molecule has 0 saturated heterocycles. The molecule has 2 aromatic carbocycles. The summed E-state index contributed by atoms with van der Waals surface area (Å²) in [6.07, 6.45) is 0. The summed E-state index contributed by atoms with van der Waals surface area (Å²) in [5.41, 5.74) is 1.58. The molecule has 0 heterocycles. The number of nitrogens with zero attached hydrogens (tertiary/aromatic N) is 1. The van der Waals surface area contributed by atoms with Gasteiger partial charge in [0, 0.05) is 11.6 Å². The predicted octanol–water partition coefficient (Wildman–Crippen LogP) is 3.17. The molecule has 6 heteroatoms. The fourth-order valence-electron chi connectivity index (χ4n) is 1.99. The van der Waals surface area contributed by atoms with Crippen LogP contribution in [0.25, 0.3) is 0 Å². The molecule has 0 atom stereocenters. The van der Waals surface area contributed by atoms with E-state index in [0.29, 0.717) is 5.56 Å². The zero-order chi connectivity index (χ0) is 15.6. The summed E-state index contributed by atoms with van der Waals surface area (Å²) in [5, 5.41) is 23.1. The third-order valence-electron chi connectivity index (χ3n) is 3.30. The molecule has 6 nitrogen and oxygen atoms in total. The lowest BCUT2D eigenvalue weighted by molar-refractivity contribution is -0.384. The van der Waals surface area contributed by atoms with Gasteiger partial charge >= 0.3 is 0 Å². The van der Waals surface area contributed by atoms with Gasteiger partial charge in [-0.25, -0.2) is 0 Å². The number of amides is 1. The fraction of sp³-hybridized carbons (Fsp3) is 0.133. The third kappa shape index (κ3) is 2.84. The number of anilines is 1. The molecule has 0 bridgehead atoms. The zero-order valence-corrected chi connectivity index (χ0v) is 11.6. The topological polar surface area (TPSA) is 92.5 Å². The van der Waals surface area contributed by atoms with Gasteiger partial charge in [0.25, 0.3) is 11.6 Å². The lowest BCUT2D eigenvalue weighted by Crippen LogP contribution is -2.15. The first kappa shape index (κ1) is 14.5.